The highest BCUT2D eigenvalue weighted by molar-refractivity contribution is 7.99. The summed E-state index contributed by atoms with van der Waals surface area (Å²) in [7, 11) is 0. The van der Waals surface area contributed by atoms with E-state index in [1.807, 2.05) is 30.8 Å². The van der Waals surface area contributed by atoms with Crippen LogP contribution in [0.2, 0.25) is 0 Å². The van der Waals surface area contributed by atoms with E-state index in [9.17, 15) is 4.79 Å². The van der Waals surface area contributed by atoms with E-state index in [4.69, 9.17) is 4.74 Å². The van der Waals surface area contributed by atoms with Gasteiger partial charge in [-0.15, -0.1) is 11.8 Å². The Morgan fingerprint density at radius 1 is 1.25 bits per heavy atom. The Balaban J connectivity index is 2.47. The van der Waals surface area contributed by atoms with Gasteiger partial charge in [-0.2, -0.15) is 0 Å². The Morgan fingerprint density at radius 3 is 2.50 bits per heavy atom. The normalized spacial score (nSPS) is 10.1. The van der Waals surface area contributed by atoms with E-state index in [0.29, 0.717) is 13.0 Å². The van der Waals surface area contributed by atoms with Crippen molar-refractivity contribution in [1.29, 1.82) is 0 Å². The molecule has 0 atom stereocenters. The van der Waals surface area contributed by atoms with Crippen molar-refractivity contribution >= 4 is 17.7 Å². The van der Waals surface area contributed by atoms with Gasteiger partial charge in [0.1, 0.15) is 0 Å². The molecule has 2 nitrogen and oxygen atoms in total. The van der Waals surface area contributed by atoms with Gasteiger partial charge in [0, 0.05) is 4.90 Å². The molecule has 88 valence electrons. The van der Waals surface area contributed by atoms with Gasteiger partial charge in [-0.05, 0) is 36.8 Å². The van der Waals surface area contributed by atoms with E-state index in [1.165, 1.54) is 11.3 Å². The molecule has 0 radical (unpaired) electrons. The van der Waals surface area contributed by atoms with E-state index >= 15 is 0 Å². The molecule has 16 heavy (non-hydrogen) atoms. The van der Waals surface area contributed by atoms with Crippen LogP contribution in [0, 0.1) is 0 Å². The second-order valence-electron chi connectivity index (χ2n) is 3.47. The minimum atomic E-state index is -0.156. The predicted molar refractivity (Wildman–Crippen MR) is 67.8 cm³/mol. The summed E-state index contributed by atoms with van der Waals surface area (Å²) < 4.78 is 4.90. The Labute approximate surface area is 101 Å². The molecular formula is C13H18O2S. The van der Waals surface area contributed by atoms with Crippen molar-refractivity contribution in [2.24, 2.45) is 0 Å². The summed E-state index contributed by atoms with van der Waals surface area (Å²) >= 11 is 1.84. The van der Waals surface area contributed by atoms with Crippen LogP contribution in [0.15, 0.2) is 29.2 Å². The minimum Gasteiger partial charge on any atom is -0.466 e. The van der Waals surface area contributed by atoms with Gasteiger partial charge in [0.05, 0.1) is 13.0 Å². The molecule has 0 aromatic heterocycles. The minimum absolute atomic E-state index is 0.156. The molecule has 0 saturated heterocycles. The van der Waals surface area contributed by atoms with Crippen molar-refractivity contribution in [3.63, 3.8) is 0 Å². The zero-order chi connectivity index (χ0) is 11.8. The van der Waals surface area contributed by atoms with Crippen LogP contribution in [-0.4, -0.2) is 18.3 Å². The molecule has 0 aliphatic rings. The molecule has 0 fully saturated rings. The largest absolute Gasteiger partial charge is 0.466 e. The van der Waals surface area contributed by atoms with Gasteiger partial charge in [-0.3, -0.25) is 4.79 Å². The number of rotatable bonds is 6. The molecule has 0 aliphatic heterocycles. The van der Waals surface area contributed by atoms with Crippen LogP contribution in [0.1, 0.15) is 25.8 Å². The first-order chi connectivity index (χ1) is 7.76. The van der Waals surface area contributed by atoms with Crippen molar-refractivity contribution in [3.05, 3.63) is 29.8 Å². The fourth-order valence-electron chi connectivity index (χ4n) is 1.30. The first-order valence-electron chi connectivity index (χ1n) is 5.63. The summed E-state index contributed by atoms with van der Waals surface area (Å²) in [6.45, 7) is 4.44. The summed E-state index contributed by atoms with van der Waals surface area (Å²) in [6, 6.07) is 8.12. The number of benzene rings is 1. The highest BCUT2D eigenvalue weighted by Crippen LogP contribution is 2.19. The van der Waals surface area contributed by atoms with E-state index in [1.54, 1.807) is 0 Å². The molecule has 3 heteroatoms. The number of hydrogen-bond donors (Lipinski definition) is 0. The van der Waals surface area contributed by atoms with Crippen molar-refractivity contribution in [2.45, 2.75) is 31.6 Å². The van der Waals surface area contributed by atoms with Gasteiger partial charge in [-0.1, -0.05) is 19.1 Å². The fourth-order valence-corrected chi connectivity index (χ4v) is 2.07. The van der Waals surface area contributed by atoms with Crippen LogP contribution in [0.3, 0.4) is 0 Å². The average molecular weight is 238 g/mol. The molecule has 0 aliphatic carbocycles. The molecule has 1 rings (SSSR count). The summed E-state index contributed by atoms with van der Waals surface area (Å²) in [5.41, 5.74) is 1.01. The molecule has 1 aromatic carbocycles. The topological polar surface area (TPSA) is 26.3 Å². The fraction of sp³-hybridized carbons (Fsp3) is 0.462. The lowest BCUT2D eigenvalue weighted by Gasteiger charge is -2.03. The highest BCUT2D eigenvalue weighted by atomic mass is 32.2. The van der Waals surface area contributed by atoms with Crippen LogP contribution in [-0.2, 0) is 16.0 Å². The van der Waals surface area contributed by atoms with Crippen molar-refractivity contribution in [2.75, 3.05) is 12.4 Å². The second-order valence-corrected chi connectivity index (χ2v) is 4.64. The molecular weight excluding hydrogens is 220 g/mol. The molecule has 0 saturated carbocycles. The maximum atomic E-state index is 11.2. The Bertz CT molecular complexity index is 319. The van der Waals surface area contributed by atoms with Crippen LogP contribution >= 0.6 is 11.8 Å². The third-order valence-corrected chi connectivity index (χ3v) is 3.27. The smallest absolute Gasteiger partial charge is 0.310 e. The number of hydrogen-bond acceptors (Lipinski definition) is 3. The molecule has 0 amide bonds. The van der Waals surface area contributed by atoms with Crippen LogP contribution in [0.25, 0.3) is 0 Å². The monoisotopic (exact) mass is 238 g/mol. The highest BCUT2D eigenvalue weighted by Gasteiger charge is 2.03. The van der Waals surface area contributed by atoms with E-state index in [2.05, 4.69) is 19.1 Å². The first-order valence-corrected chi connectivity index (χ1v) is 6.62. The quantitative estimate of drug-likeness (QED) is 0.562. The zero-order valence-corrected chi connectivity index (χ0v) is 10.7. The van der Waals surface area contributed by atoms with Crippen LogP contribution in [0.4, 0.5) is 0 Å². The van der Waals surface area contributed by atoms with E-state index in [-0.39, 0.29) is 5.97 Å². The Morgan fingerprint density at radius 2 is 1.94 bits per heavy atom. The average Bonchev–Trinajstić information content (AvgIpc) is 2.28. The lowest BCUT2D eigenvalue weighted by molar-refractivity contribution is -0.142. The number of thioether (sulfide) groups is 1. The number of ether oxygens (including phenoxy) is 1. The van der Waals surface area contributed by atoms with Gasteiger partial charge in [0.15, 0.2) is 0 Å². The van der Waals surface area contributed by atoms with Gasteiger partial charge in [0.25, 0.3) is 0 Å². The van der Waals surface area contributed by atoms with Crippen molar-refractivity contribution in [1.82, 2.24) is 0 Å². The predicted octanol–water partition coefficient (Wildman–Crippen LogP) is 3.29. The van der Waals surface area contributed by atoms with E-state index in [0.717, 1.165) is 11.3 Å². The van der Waals surface area contributed by atoms with Gasteiger partial charge >= 0.3 is 5.97 Å². The number of esters is 1. The first kappa shape index (κ1) is 13.1. The maximum Gasteiger partial charge on any atom is 0.310 e. The number of carbonyl (C=O) groups excluding carboxylic acids is 1. The summed E-state index contributed by atoms with van der Waals surface area (Å²) in [5.74, 6) is 0.980. The standard InChI is InChI=1S/C13H18O2S/c1-3-9-16-12-7-5-11(6-8-12)10-13(14)15-4-2/h5-8H,3-4,9-10H2,1-2H3. The molecule has 0 heterocycles. The third kappa shape index (κ3) is 4.71. The van der Waals surface area contributed by atoms with Gasteiger partial charge in [0.2, 0.25) is 0 Å². The molecule has 0 spiro atoms. The Kier molecular flexibility index (Phi) is 6.01. The van der Waals surface area contributed by atoms with Crippen molar-refractivity contribution < 1.29 is 9.53 Å². The zero-order valence-electron chi connectivity index (χ0n) is 9.86. The summed E-state index contributed by atoms with van der Waals surface area (Å²) in [4.78, 5) is 12.5. The van der Waals surface area contributed by atoms with Crippen LogP contribution in [0.5, 0.6) is 0 Å². The SMILES string of the molecule is CCCSc1ccc(CC(=O)OCC)cc1. The molecule has 0 N–H and O–H groups in total. The lowest BCUT2D eigenvalue weighted by Crippen LogP contribution is -2.07. The lowest BCUT2D eigenvalue weighted by atomic mass is 10.1. The molecule has 0 bridgehead atoms. The summed E-state index contributed by atoms with van der Waals surface area (Å²) in [5, 5.41) is 0. The number of carbonyl (C=O) groups is 1. The van der Waals surface area contributed by atoms with Crippen LogP contribution < -0.4 is 0 Å². The van der Waals surface area contributed by atoms with Crippen molar-refractivity contribution in [3.8, 4) is 0 Å². The Hall–Kier alpha value is -0.960. The second kappa shape index (κ2) is 7.34. The summed E-state index contributed by atoms with van der Waals surface area (Å²) in [6.07, 6.45) is 1.54. The molecule has 1 aromatic rings. The van der Waals surface area contributed by atoms with Gasteiger partial charge < -0.3 is 4.74 Å². The van der Waals surface area contributed by atoms with E-state index < -0.39 is 0 Å². The maximum absolute atomic E-state index is 11.2. The molecule has 0 unspecified atom stereocenters. The van der Waals surface area contributed by atoms with Gasteiger partial charge in [-0.25, -0.2) is 0 Å². The third-order valence-electron chi connectivity index (χ3n) is 2.05.